The van der Waals surface area contributed by atoms with Crippen LogP contribution in [0, 0.1) is 0 Å². The van der Waals surface area contributed by atoms with Crippen molar-refractivity contribution >= 4 is 12.0 Å². The van der Waals surface area contributed by atoms with Crippen molar-refractivity contribution in [1.29, 1.82) is 0 Å². The first-order chi connectivity index (χ1) is 9.44. The number of aliphatic carboxylic acids is 1. The molecular formula is C13H24N2O5. The van der Waals surface area contributed by atoms with Crippen molar-refractivity contribution < 1.29 is 24.2 Å². The van der Waals surface area contributed by atoms with Crippen LogP contribution in [0.25, 0.3) is 0 Å². The zero-order valence-corrected chi connectivity index (χ0v) is 12.3. The minimum Gasteiger partial charge on any atom is -0.480 e. The number of urea groups is 1. The summed E-state index contributed by atoms with van der Waals surface area (Å²) in [6.45, 7) is 4.79. The Morgan fingerprint density at radius 3 is 2.70 bits per heavy atom. The number of carboxylic acid groups (broad SMARTS) is 1. The van der Waals surface area contributed by atoms with Crippen molar-refractivity contribution in [3.8, 4) is 0 Å². The number of carbonyl (C=O) groups excluding carboxylic acids is 1. The number of carboxylic acids is 1. The molecule has 7 nitrogen and oxygen atoms in total. The second-order valence-corrected chi connectivity index (χ2v) is 5.13. The summed E-state index contributed by atoms with van der Waals surface area (Å²) in [5, 5.41) is 11.6. The van der Waals surface area contributed by atoms with E-state index in [9.17, 15) is 9.59 Å². The Bertz CT molecular complexity index is 342. The van der Waals surface area contributed by atoms with Gasteiger partial charge < -0.3 is 24.8 Å². The van der Waals surface area contributed by atoms with E-state index in [1.165, 1.54) is 4.90 Å². The Balaban J connectivity index is 2.59. The van der Waals surface area contributed by atoms with Crippen LogP contribution in [0.4, 0.5) is 4.79 Å². The van der Waals surface area contributed by atoms with Crippen LogP contribution in [-0.4, -0.2) is 67.1 Å². The van der Waals surface area contributed by atoms with Gasteiger partial charge in [-0.05, 0) is 13.3 Å². The number of ether oxygens (including phenoxy) is 2. The molecule has 0 aliphatic carbocycles. The van der Waals surface area contributed by atoms with Crippen molar-refractivity contribution in [3.63, 3.8) is 0 Å². The molecule has 1 heterocycles. The van der Waals surface area contributed by atoms with E-state index in [-0.39, 0.29) is 18.6 Å². The van der Waals surface area contributed by atoms with Gasteiger partial charge in [0, 0.05) is 26.2 Å². The van der Waals surface area contributed by atoms with Gasteiger partial charge in [-0.25, -0.2) is 4.79 Å². The number of carbonyl (C=O) groups is 2. The third-order valence-electron chi connectivity index (χ3n) is 3.75. The third-order valence-corrected chi connectivity index (χ3v) is 3.75. The number of nitrogens with zero attached hydrogens (tertiary/aromatic N) is 1. The molecule has 2 amide bonds. The van der Waals surface area contributed by atoms with Crippen LogP contribution in [0.3, 0.4) is 0 Å². The Morgan fingerprint density at radius 2 is 2.25 bits per heavy atom. The van der Waals surface area contributed by atoms with E-state index in [4.69, 9.17) is 14.6 Å². The lowest BCUT2D eigenvalue weighted by molar-refractivity contribution is -0.138. The molecule has 0 spiro atoms. The molecule has 0 saturated carbocycles. The van der Waals surface area contributed by atoms with E-state index < -0.39 is 11.6 Å². The van der Waals surface area contributed by atoms with Crippen molar-refractivity contribution in [3.05, 3.63) is 0 Å². The minimum absolute atomic E-state index is 0.135. The van der Waals surface area contributed by atoms with Crippen LogP contribution in [0.2, 0.25) is 0 Å². The molecule has 0 bridgehead atoms. The second-order valence-electron chi connectivity index (χ2n) is 5.13. The maximum absolute atomic E-state index is 12.1. The number of methoxy groups -OCH3 is 1. The molecule has 116 valence electrons. The highest BCUT2D eigenvalue weighted by Gasteiger charge is 2.36. The average Bonchev–Trinajstić information content (AvgIpc) is 2.90. The van der Waals surface area contributed by atoms with Crippen LogP contribution in [0.15, 0.2) is 0 Å². The number of amides is 2. The van der Waals surface area contributed by atoms with Gasteiger partial charge in [-0.3, -0.25) is 4.79 Å². The van der Waals surface area contributed by atoms with E-state index >= 15 is 0 Å². The number of hydrogen-bond donors (Lipinski definition) is 2. The second kappa shape index (κ2) is 7.44. The van der Waals surface area contributed by atoms with Gasteiger partial charge in [0.25, 0.3) is 0 Å². The highest BCUT2D eigenvalue weighted by atomic mass is 16.5. The highest BCUT2D eigenvalue weighted by Crippen LogP contribution is 2.21. The highest BCUT2D eigenvalue weighted by molar-refractivity contribution is 5.80. The van der Waals surface area contributed by atoms with E-state index in [1.54, 1.807) is 7.11 Å². The van der Waals surface area contributed by atoms with Crippen LogP contribution >= 0.6 is 0 Å². The van der Waals surface area contributed by atoms with Gasteiger partial charge in [-0.15, -0.1) is 0 Å². The van der Waals surface area contributed by atoms with Crippen LogP contribution in [0.1, 0.15) is 26.7 Å². The summed E-state index contributed by atoms with van der Waals surface area (Å²) in [6, 6.07) is -0.519. The first-order valence-electron chi connectivity index (χ1n) is 6.83. The summed E-state index contributed by atoms with van der Waals surface area (Å²) in [7, 11) is 1.59. The molecule has 2 N–H and O–H groups in total. The third kappa shape index (κ3) is 4.35. The fraction of sp³-hybridized carbons (Fsp3) is 0.846. The van der Waals surface area contributed by atoms with Gasteiger partial charge in [0.15, 0.2) is 0 Å². The first kappa shape index (κ1) is 16.7. The summed E-state index contributed by atoms with van der Waals surface area (Å²) in [6.07, 6.45) is 1.41. The monoisotopic (exact) mass is 288 g/mol. The lowest BCUT2D eigenvalue weighted by Crippen LogP contribution is -2.52. The van der Waals surface area contributed by atoms with Gasteiger partial charge in [0.1, 0.15) is 12.1 Å². The number of hydrogen-bond acceptors (Lipinski definition) is 4. The maximum Gasteiger partial charge on any atom is 0.323 e. The number of nitrogens with one attached hydrogen (secondary N) is 1. The summed E-state index contributed by atoms with van der Waals surface area (Å²) in [4.78, 5) is 24.3. The molecule has 7 heteroatoms. The Hall–Kier alpha value is -1.34. The molecule has 1 fully saturated rings. The molecule has 0 aromatic carbocycles. The lowest BCUT2D eigenvalue weighted by Gasteiger charge is -2.30. The van der Waals surface area contributed by atoms with E-state index in [2.05, 4.69) is 5.32 Å². The van der Waals surface area contributed by atoms with Crippen LogP contribution < -0.4 is 5.32 Å². The molecule has 0 radical (unpaired) electrons. The van der Waals surface area contributed by atoms with E-state index in [0.717, 1.165) is 0 Å². The maximum atomic E-state index is 12.1. The number of rotatable bonds is 7. The smallest absolute Gasteiger partial charge is 0.323 e. The van der Waals surface area contributed by atoms with Gasteiger partial charge in [0.05, 0.1) is 13.2 Å². The van der Waals surface area contributed by atoms with Crippen LogP contribution in [0.5, 0.6) is 0 Å². The molecule has 0 aromatic heterocycles. The Kier molecular flexibility index (Phi) is 6.22. The fourth-order valence-corrected chi connectivity index (χ4v) is 2.09. The molecule has 1 rings (SSSR count). The molecular weight excluding hydrogens is 264 g/mol. The standard InChI is InChI=1S/C13H24N2O5/c1-4-10(2)15(7-11(16)17)12(18)14-8-13(19-3)5-6-20-9-13/h10H,4-9H2,1-3H3,(H,14,18)(H,16,17). The summed E-state index contributed by atoms with van der Waals surface area (Å²) in [5.41, 5.74) is -0.500. The Morgan fingerprint density at radius 1 is 1.55 bits per heavy atom. The lowest BCUT2D eigenvalue weighted by atomic mass is 10.0. The summed E-state index contributed by atoms with van der Waals surface area (Å²) in [5.74, 6) is -1.02. The summed E-state index contributed by atoms with van der Waals surface area (Å²) >= 11 is 0. The first-order valence-corrected chi connectivity index (χ1v) is 6.83. The van der Waals surface area contributed by atoms with Gasteiger partial charge >= 0.3 is 12.0 Å². The SMILES string of the molecule is CCC(C)N(CC(=O)O)C(=O)NCC1(OC)CCOC1. The molecule has 1 saturated heterocycles. The molecule has 1 aliphatic heterocycles. The molecule has 2 unspecified atom stereocenters. The molecule has 20 heavy (non-hydrogen) atoms. The van der Waals surface area contributed by atoms with Gasteiger partial charge in [-0.1, -0.05) is 6.92 Å². The normalized spacial score (nSPS) is 23.4. The average molecular weight is 288 g/mol. The molecule has 2 atom stereocenters. The topological polar surface area (TPSA) is 88.1 Å². The van der Waals surface area contributed by atoms with Crippen molar-refractivity contribution in [2.45, 2.75) is 38.3 Å². The van der Waals surface area contributed by atoms with Crippen molar-refractivity contribution in [2.75, 3.05) is 33.4 Å². The van der Waals surface area contributed by atoms with Crippen molar-refractivity contribution in [2.24, 2.45) is 0 Å². The minimum atomic E-state index is -1.02. The predicted octanol–water partition coefficient (Wildman–Crippen LogP) is 0.687. The van der Waals surface area contributed by atoms with Gasteiger partial charge in [0.2, 0.25) is 0 Å². The fourth-order valence-electron chi connectivity index (χ4n) is 2.09. The molecule has 1 aliphatic rings. The molecule has 0 aromatic rings. The van der Waals surface area contributed by atoms with Crippen molar-refractivity contribution in [1.82, 2.24) is 10.2 Å². The quantitative estimate of drug-likeness (QED) is 0.719. The Labute approximate surface area is 119 Å². The van der Waals surface area contributed by atoms with Crippen LogP contribution in [-0.2, 0) is 14.3 Å². The zero-order valence-electron chi connectivity index (χ0n) is 12.3. The van der Waals surface area contributed by atoms with Gasteiger partial charge in [-0.2, -0.15) is 0 Å². The van der Waals surface area contributed by atoms with E-state index in [1.807, 2.05) is 13.8 Å². The largest absolute Gasteiger partial charge is 0.480 e. The summed E-state index contributed by atoms with van der Waals surface area (Å²) < 4.78 is 10.7. The zero-order chi connectivity index (χ0) is 15.2. The van der Waals surface area contributed by atoms with E-state index in [0.29, 0.717) is 32.6 Å². The predicted molar refractivity (Wildman–Crippen MR) is 72.7 cm³/mol.